The van der Waals surface area contributed by atoms with Gasteiger partial charge in [-0.15, -0.1) is 0 Å². The molecule has 0 N–H and O–H groups in total. The molecule has 0 bridgehead atoms. The maximum atomic E-state index is 2.53. The van der Waals surface area contributed by atoms with Gasteiger partial charge in [0.2, 0.25) is 0 Å². The Labute approximate surface area is 238 Å². The van der Waals surface area contributed by atoms with Gasteiger partial charge in [-0.1, -0.05) is 85.0 Å². The Bertz CT molecular complexity index is 1590. The van der Waals surface area contributed by atoms with Crippen LogP contribution in [-0.2, 0) is 0 Å². The zero-order valence-electron chi connectivity index (χ0n) is 23.4. The minimum absolute atomic E-state index is 0.303. The molecular weight excluding hydrogens is 484 g/mol. The summed E-state index contributed by atoms with van der Waals surface area (Å²) in [6, 6.07) is 37.5. The van der Waals surface area contributed by atoms with Crippen molar-refractivity contribution in [3.8, 4) is 0 Å². The molecular formula is C38H36N2. The van der Waals surface area contributed by atoms with Crippen molar-refractivity contribution >= 4 is 28.3 Å². The second-order valence-corrected chi connectivity index (χ2v) is 10.7. The number of hydrogen-bond donors (Lipinski definition) is 0. The van der Waals surface area contributed by atoms with Gasteiger partial charge < -0.3 is 9.80 Å². The van der Waals surface area contributed by atoms with Crippen molar-refractivity contribution in [2.24, 2.45) is 0 Å². The van der Waals surface area contributed by atoms with Crippen molar-refractivity contribution in [1.29, 1.82) is 0 Å². The lowest BCUT2D eigenvalue weighted by Gasteiger charge is -2.36. The molecule has 1 atom stereocenters. The number of nitrogens with zero attached hydrogens (tertiary/aromatic N) is 2. The average molecular weight is 521 g/mol. The molecule has 0 aliphatic heterocycles. The predicted molar refractivity (Wildman–Crippen MR) is 171 cm³/mol. The summed E-state index contributed by atoms with van der Waals surface area (Å²) in [6.45, 7) is 4.32. The maximum Gasteiger partial charge on any atom is 0.0557 e. The highest BCUT2D eigenvalue weighted by Gasteiger charge is 2.23. The number of anilines is 4. The molecule has 0 aromatic heterocycles. The quantitative estimate of drug-likeness (QED) is 0.239. The first-order valence-corrected chi connectivity index (χ1v) is 14.3. The van der Waals surface area contributed by atoms with Gasteiger partial charge in [-0.3, -0.25) is 0 Å². The predicted octanol–water partition coefficient (Wildman–Crippen LogP) is 10.2. The lowest BCUT2D eigenvalue weighted by molar-refractivity contribution is 0.721. The fourth-order valence-corrected chi connectivity index (χ4v) is 5.75. The maximum absolute atomic E-state index is 2.53. The van der Waals surface area contributed by atoms with E-state index in [1.54, 1.807) is 0 Å². The summed E-state index contributed by atoms with van der Waals surface area (Å²) in [5.41, 5.74) is 11.2. The first-order valence-electron chi connectivity index (χ1n) is 14.3. The highest BCUT2D eigenvalue weighted by atomic mass is 15.2. The molecule has 1 unspecified atom stereocenters. The van der Waals surface area contributed by atoms with E-state index in [0.29, 0.717) is 6.04 Å². The molecule has 6 rings (SSSR count). The minimum atomic E-state index is 0.303. The summed E-state index contributed by atoms with van der Waals surface area (Å²) < 4.78 is 0. The van der Waals surface area contributed by atoms with Crippen LogP contribution in [0.3, 0.4) is 0 Å². The summed E-state index contributed by atoms with van der Waals surface area (Å²) >= 11 is 0. The average Bonchev–Trinajstić information content (AvgIpc) is 3.00. The van der Waals surface area contributed by atoms with Crippen LogP contribution in [0.4, 0.5) is 22.7 Å². The fraction of sp³-hybridized carbons (Fsp3) is 0.158. The van der Waals surface area contributed by atoms with E-state index in [9.17, 15) is 0 Å². The molecule has 198 valence electrons. The zero-order chi connectivity index (χ0) is 27.3. The summed E-state index contributed by atoms with van der Waals surface area (Å²) in [7, 11) is 0. The van der Waals surface area contributed by atoms with Crippen LogP contribution >= 0.6 is 0 Å². The van der Waals surface area contributed by atoms with Crippen LogP contribution in [0.1, 0.15) is 36.0 Å². The Kier molecular flexibility index (Phi) is 7.50. The lowest BCUT2D eigenvalue weighted by atomic mass is 9.94. The molecule has 4 aromatic carbocycles. The molecule has 0 spiro atoms. The topological polar surface area (TPSA) is 6.48 Å². The normalized spacial score (nSPS) is 16.3. The van der Waals surface area contributed by atoms with E-state index in [1.165, 1.54) is 39.3 Å². The highest BCUT2D eigenvalue weighted by Crippen LogP contribution is 2.37. The van der Waals surface area contributed by atoms with E-state index in [1.807, 2.05) is 0 Å². The molecule has 2 nitrogen and oxygen atoms in total. The van der Waals surface area contributed by atoms with Crippen LogP contribution in [-0.4, -0.2) is 6.04 Å². The Morgan fingerprint density at radius 2 is 1.35 bits per heavy atom. The molecule has 2 heteroatoms. The van der Waals surface area contributed by atoms with Crippen molar-refractivity contribution in [3.63, 3.8) is 0 Å². The summed E-state index contributed by atoms with van der Waals surface area (Å²) in [5, 5.41) is 0. The van der Waals surface area contributed by atoms with Crippen LogP contribution in [0.15, 0.2) is 145 Å². The molecule has 0 amide bonds. The van der Waals surface area contributed by atoms with Gasteiger partial charge in [0.05, 0.1) is 6.04 Å². The minimum Gasteiger partial charge on any atom is -0.338 e. The van der Waals surface area contributed by atoms with Crippen LogP contribution in [0, 0.1) is 13.8 Å². The molecule has 0 fully saturated rings. The van der Waals surface area contributed by atoms with Gasteiger partial charge in [0.25, 0.3) is 0 Å². The second kappa shape index (κ2) is 11.7. The van der Waals surface area contributed by atoms with Gasteiger partial charge in [0.1, 0.15) is 0 Å². The first kappa shape index (κ1) is 25.7. The third kappa shape index (κ3) is 5.58. The van der Waals surface area contributed by atoms with E-state index < -0.39 is 0 Å². The van der Waals surface area contributed by atoms with E-state index >= 15 is 0 Å². The Morgan fingerprint density at radius 3 is 2.00 bits per heavy atom. The number of benzene rings is 4. The Morgan fingerprint density at radius 1 is 0.675 bits per heavy atom. The zero-order valence-corrected chi connectivity index (χ0v) is 23.4. The van der Waals surface area contributed by atoms with Crippen LogP contribution in [0.2, 0.25) is 0 Å². The third-order valence-electron chi connectivity index (χ3n) is 7.72. The number of hydrogen-bond acceptors (Lipinski definition) is 2. The van der Waals surface area contributed by atoms with Gasteiger partial charge in [0.15, 0.2) is 0 Å². The summed E-state index contributed by atoms with van der Waals surface area (Å²) in [6.07, 6.45) is 17.0. The second-order valence-electron chi connectivity index (χ2n) is 10.7. The first-order chi connectivity index (χ1) is 19.7. The molecule has 2 aliphatic rings. The monoisotopic (exact) mass is 520 g/mol. The van der Waals surface area contributed by atoms with Gasteiger partial charge >= 0.3 is 0 Å². The smallest absolute Gasteiger partial charge is 0.0557 e. The standard InChI is InChI=1S/C38H36N2/c1-29-11-9-17-37(27-29)39(33-13-5-3-6-14-33)35-23-19-31(20-24-35)32-21-25-36(26-22-32)40(34-15-7-4-8-16-34)38-18-10-12-30(2)28-38/h3-7,9-15,17-25,27-28,36H,8,16,26H2,1-2H3. The molecule has 40 heavy (non-hydrogen) atoms. The molecule has 4 aromatic rings. The highest BCUT2D eigenvalue weighted by molar-refractivity contribution is 5.80. The fourth-order valence-electron chi connectivity index (χ4n) is 5.75. The van der Waals surface area contributed by atoms with Gasteiger partial charge in [0, 0.05) is 28.4 Å². The lowest BCUT2D eigenvalue weighted by Crippen LogP contribution is -2.34. The SMILES string of the molecule is Cc1cccc(N(c2ccccc2)c2ccc(C3=CCC(N(C4=CC=CCC4)c4cccc(C)c4)C=C3)cc2)c1. The van der Waals surface area contributed by atoms with E-state index in [4.69, 9.17) is 0 Å². The number of aryl methyl sites for hydroxylation is 2. The number of rotatable bonds is 7. The van der Waals surface area contributed by atoms with Gasteiger partial charge in [-0.2, -0.15) is 0 Å². The van der Waals surface area contributed by atoms with Crippen LogP contribution in [0.25, 0.3) is 5.57 Å². The molecule has 0 heterocycles. The largest absolute Gasteiger partial charge is 0.338 e. The van der Waals surface area contributed by atoms with Crippen molar-refractivity contribution in [2.45, 2.75) is 39.2 Å². The molecule has 0 saturated carbocycles. The molecule has 0 saturated heterocycles. The molecule has 2 aliphatic carbocycles. The number of allylic oxidation sites excluding steroid dienone is 6. The van der Waals surface area contributed by atoms with Crippen molar-refractivity contribution in [2.75, 3.05) is 9.80 Å². The Balaban J connectivity index is 1.26. The van der Waals surface area contributed by atoms with Gasteiger partial charge in [-0.05, 0) is 110 Å². The third-order valence-corrected chi connectivity index (χ3v) is 7.72. The van der Waals surface area contributed by atoms with Crippen molar-refractivity contribution in [1.82, 2.24) is 0 Å². The van der Waals surface area contributed by atoms with Crippen molar-refractivity contribution in [3.05, 3.63) is 162 Å². The Hall–Kier alpha value is -4.56. The summed E-state index contributed by atoms with van der Waals surface area (Å²) in [5.74, 6) is 0. The van der Waals surface area contributed by atoms with Crippen LogP contribution < -0.4 is 9.80 Å². The van der Waals surface area contributed by atoms with Gasteiger partial charge in [-0.25, -0.2) is 0 Å². The van der Waals surface area contributed by atoms with E-state index in [0.717, 1.165) is 30.6 Å². The molecule has 0 radical (unpaired) electrons. The number of para-hydroxylation sites is 1. The van der Waals surface area contributed by atoms with E-state index in [2.05, 4.69) is 163 Å². The summed E-state index contributed by atoms with van der Waals surface area (Å²) in [4.78, 5) is 4.85. The van der Waals surface area contributed by atoms with E-state index in [-0.39, 0.29) is 0 Å². The van der Waals surface area contributed by atoms with Crippen molar-refractivity contribution < 1.29 is 0 Å². The van der Waals surface area contributed by atoms with Crippen LogP contribution in [0.5, 0.6) is 0 Å².